The van der Waals surface area contributed by atoms with Gasteiger partial charge in [0.15, 0.2) is 0 Å². The number of nitrogens with zero attached hydrogens (tertiary/aromatic N) is 1. The van der Waals surface area contributed by atoms with Crippen LogP contribution in [0, 0.1) is 0 Å². The Hall–Kier alpha value is -3.01. The van der Waals surface area contributed by atoms with E-state index in [9.17, 15) is 18.0 Å². The van der Waals surface area contributed by atoms with Crippen molar-refractivity contribution in [1.29, 1.82) is 0 Å². The number of nitrogens with one attached hydrogen (secondary N) is 1. The Morgan fingerprint density at radius 2 is 1.80 bits per heavy atom. The number of benzene rings is 1. The molecular formula is C25H29F3N2O5. The molecule has 1 spiro atoms. The number of amides is 1. The number of halogens is 3. The van der Waals surface area contributed by atoms with Gasteiger partial charge in [0.1, 0.15) is 17.1 Å². The number of fused-ring (bicyclic) bond motifs is 1. The van der Waals surface area contributed by atoms with E-state index >= 15 is 0 Å². The van der Waals surface area contributed by atoms with Crippen LogP contribution in [0.5, 0.6) is 5.75 Å². The fourth-order valence-electron chi connectivity index (χ4n) is 4.71. The average molecular weight is 495 g/mol. The van der Waals surface area contributed by atoms with Gasteiger partial charge in [-0.25, -0.2) is 4.79 Å². The molecule has 2 aromatic rings. The van der Waals surface area contributed by atoms with Crippen molar-refractivity contribution in [2.75, 3.05) is 13.1 Å². The molecule has 2 fully saturated rings. The Balaban J connectivity index is 0.000000364. The zero-order valence-electron chi connectivity index (χ0n) is 19.2. The second kappa shape index (κ2) is 10.3. The van der Waals surface area contributed by atoms with Crippen molar-refractivity contribution in [1.82, 2.24) is 10.2 Å². The third kappa shape index (κ3) is 6.78. The van der Waals surface area contributed by atoms with E-state index in [1.165, 1.54) is 5.56 Å². The van der Waals surface area contributed by atoms with Crippen LogP contribution in [-0.4, -0.2) is 52.8 Å². The van der Waals surface area contributed by atoms with Gasteiger partial charge in [-0.3, -0.25) is 9.69 Å². The number of ether oxygens (including phenoxy) is 1. The van der Waals surface area contributed by atoms with Crippen molar-refractivity contribution in [2.45, 2.75) is 68.8 Å². The molecule has 1 aromatic heterocycles. The summed E-state index contributed by atoms with van der Waals surface area (Å²) in [5.74, 6) is -0.347. The highest BCUT2D eigenvalue weighted by Gasteiger charge is 2.44. The van der Waals surface area contributed by atoms with E-state index < -0.39 is 12.1 Å². The molecule has 1 saturated heterocycles. The van der Waals surface area contributed by atoms with Crippen LogP contribution in [0.2, 0.25) is 0 Å². The summed E-state index contributed by atoms with van der Waals surface area (Å²) in [7, 11) is 0. The van der Waals surface area contributed by atoms with Crippen molar-refractivity contribution in [3.63, 3.8) is 0 Å². The van der Waals surface area contributed by atoms with Crippen LogP contribution >= 0.6 is 0 Å². The number of hydrogen-bond acceptors (Lipinski definition) is 5. The first-order valence-corrected chi connectivity index (χ1v) is 11.8. The number of furan rings is 1. The first-order valence-electron chi connectivity index (χ1n) is 11.8. The zero-order chi connectivity index (χ0) is 25.1. The molecule has 190 valence electrons. The van der Waals surface area contributed by atoms with Crippen LogP contribution in [0.1, 0.15) is 55.8 Å². The number of alkyl halides is 3. The number of hydrogen-bond donors (Lipinski definition) is 2. The summed E-state index contributed by atoms with van der Waals surface area (Å²) in [6.07, 6.45) is 2.38. The molecule has 3 aliphatic rings. The summed E-state index contributed by atoms with van der Waals surface area (Å²) < 4.78 is 43.8. The molecule has 7 nitrogen and oxygen atoms in total. The molecule has 35 heavy (non-hydrogen) atoms. The number of piperidine rings is 1. The molecule has 1 aromatic carbocycles. The third-order valence-electron chi connectivity index (χ3n) is 6.65. The van der Waals surface area contributed by atoms with E-state index in [4.69, 9.17) is 19.1 Å². The molecule has 0 radical (unpaired) electrons. The number of carbonyl (C=O) groups excluding carboxylic acids is 1. The van der Waals surface area contributed by atoms with Gasteiger partial charge in [0.2, 0.25) is 5.91 Å². The smallest absolute Gasteiger partial charge is 0.487 e. The van der Waals surface area contributed by atoms with Gasteiger partial charge in [-0.05, 0) is 55.9 Å². The largest absolute Gasteiger partial charge is 0.490 e. The predicted molar refractivity (Wildman–Crippen MR) is 120 cm³/mol. The molecule has 2 aliphatic heterocycles. The summed E-state index contributed by atoms with van der Waals surface area (Å²) in [6.45, 7) is 2.83. The number of aliphatic carboxylic acids is 1. The van der Waals surface area contributed by atoms with Crippen LogP contribution in [-0.2, 0) is 16.1 Å². The molecule has 1 amide bonds. The standard InChI is InChI=1S/C23H28N2O3.C2HF3O2/c26-22(24-18-7-8-18)14-17-15-23(28-21-6-2-1-5-20(17)21)9-11-25(12-10-23)16-19-4-3-13-27-19;3-2(4,5)1(6)7/h1-6,13,17-18H,7-12,14-16H2,(H,24,26);(H,6,7). The highest BCUT2D eigenvalue weighted by atomic mass is 19.4. The van der Waals surface area contributed by atoms with Gasteiger partial charge in [-0.1, -0.05) is 18.2 Å². The first kappa shape index (κ1) is 25.1. The molecule has 0 bridgehead atoms. The second-order valence-electron chi connectivity index (χ2n) is 9.43. The van der Waals surface area contributed by atoms with Crippen molar-refractivity contribution in [3.05, 3.63) is 54.0 Å². The zero-order valence-corrected chi connectivity index (χ0v) is 19.2. The van der Waals surface area contributed by atoms with Gasteiger partial charge in [0.05, 0.1) is 12.8 Å². The van der Waals surface area contributed by atoms with E-state index in [0.29, 0.717) is 12.5 Å². The average Bonchev–Trinajstić information content (AvgIpc) is 3.46. The number of rotatable bonds is 5. The van der Waals surface area contributed by atoms with E-state index in [1.807, 2.05) is 18.2 Å². The Morgan fingerprint density at radius 3 is 2.40 bits per heavy atom. The molecule has 1 aliphatic carbocycles. The summed E-state index contributed by atoms with van der Waals surface area (Å²) in [5, 5.41) is 10.3. The Morgan fingerprint density at radius 1 is 1.11 bits per heavy atom. The maximum atomic E-state index is 12.5. The first-order chi connectivity index (χ1) is 16.6. The van der Waals surface area contributed by atoms with Gasteiger partial charge in [-0.15, -0.1) is 0 Å². The molecule has 1 atom stereocenters. The van der Waals surface area contributed by atoms with Gasteiger partial charge in [-0.2, -0.15) is 13.2 Å². The number of carbonyl (C=O) groups is 2. The summed E-state index contributed by atoms with van der Waals surface area (Å²) >= 11 is 0. The van der Waals surface area contributed by atoms with Crippen molar-refractivity contribution in [2.24, 2.45) is 0 Å². The molecule has 2 N–H and O–H groups in total. The number of carboxylic acid groups (broad SMARTS) is 1. The Kier molecular flexibility index (Phi) is 7.39. The van der Waals surface area contributed by atoms with Crippen LogP contribution < -0.4 is 10.1 Å². The van der Waals surface area contributed by atoms with Gasteiger partial charge < -0.3 is 19.6 Å². The highest BCUT2D eigenvalue weighted by Crippen LogP contribution is 2.46. The molecule has 10 heteroatoms. The third-order valence-corrected chi connectivity index (χ3v) is 6.65. The fourth-order valence-corrected chi connectivity index (χ4v) is 4.71. The minimum Gasteiger partial charge on any atom is -0.487 e. The Labute approximate surface area is 201 Å². The molecular weight excluding hydrogens is 465 g/mol. The van der Waals surface area contributed by atoms with Crippen LogP contribution in [0.25, 0.3) is 0 Å². The summed E-state index contributed by atoms with van der Waals surface area (Å²) in [5.41, 5.74) is 1.04. The van der Waals surface area contributed by atoms with E-state index in [-0.39, 0.29) is 17.4 Å². The number of likely N-dealkylation sites (tertiary alicyclic amines) is 1. The highest BCUT2D eigenvalue weighted by molar-refractivity contribution is 5.77. The second-order valence-corrected chi connectivity index (χ2v) is 9.43. The van der Waals surface area contributed by atoms with Crippen LogP contribution in [0.3, 0.4) is 0 Å². The van der Waals surface area contributed by atoms with Crippen molar-refractivity contribution >= 4 is 11.9 Å². The van der Waals surface area contributed by atoms with Crippen molar-refractivity contribution in [3.8, 4) is 5.75 Å². The maximum Gasteiger partial charge on any atom is 0.490 e. The summed E-state index contributed by atoms with van der Waals surface area (Å²) in [4.78, 5) is 23.8. The molecule has 5 rings (SSSR count). The van der Waals surface area contributed by atoms with Gasteiger partial charge in [0, 0.05) is 31.5 Å². The SMILES string of the molecule is O=C(CC1CC2(CCN(Cc3ccco3)CC2)Oc2ccccc21)NC1CC1.O=C(O)C(F)(F)F. The molecule has 3 heterocycles. The fraction of sp³-hybridized carbons (Fsp3) is 0.520. The van der Waals surface area contributed by atoms with E-state index in [2.05, 4.69) is 28.4 Å². The lowest BCUT2D eigenvalue weighted by atomic mass is 9.76. The maximum absolute atomic E-state index is 12.5. The Bertz CT molecular complexity index is 1010. The minimum absolute atomic E-state index is 0.154. The van der Waals surface area contributed by atoms with Crippen molar-refractivity contribution < 1.29 is 37.0 Å². The number of carboxylic acids is 1. The summed E-state index contributed by atoms with van der Waals surface area (Å²) in [6, 6.07) is 12.7. The van der Waals surface area contributed by atoms with Gasteiger partial charge >= 0.3 is 12.1 Å². The lowest BCUT2D eigenvalue weighted by molar-refractivity contribution is -0.192. The molecule has 1 unspecified atom stereocenters. The quantitative estimate of drug-likeness (QED) is 0.637. The van der Waals surface area contributed by atoms with E-state index in [1.54, 1.807) is 6.26 Å². The lowest BCUT2D eigenvalue weighted by Crippen LogP contribution is -2.50. The van der Waals surface area contributed by atoms with Crippen LogP contribution in [0.15, 0.2) is 47.1 Å². The van der Waals surface area contributed by atoms with Gasteiger partial charge in [0.25, 0.3) is 0 Å². The van der Waals surface area contributed by atoms with E-state index in [0.717, 1.165) is 63.2 Å². The lowest BCUT2D eigenvalue weighted by Gasteiger charge is -2.46. The minimum atomic E-state index is -5.08. The predicted octanol–water partition coefficient (Wildman–Crippen LogP) is 4.48. The topological polar surface area (TPSA) is 92.0 Å². The normalized spacial score (nSPS) is 21.3. The number of para-hydroxylation sites is 1. The van der Waals surface area contributed by atoms with Crippen LogP contribution in [0.4, 0.5) is 13.2 Å². The molecule has 1 saturated carbocycles. The monoisotopic (exact) mass is 494 g/mol.